The molecule has 0 spiro atoms. The van der Waals surface area contributed by atoms with E-state index >= 15 is 0 Å². The first-order valence-electron chi connectivity index (χ1n) is 5.24. The molecule has 0 aliphatic carbocycles. The van der Waals surface area contributed by atoms with E-state index in [1.165, 1.54) is 12.1 Å². The maximum absolute atomic E-state index is 13.1. The van der Waals surface area contributed by atoms with Gasteiger partial charge in [-0.2, -0.15) is 5.26 Å². The third-order valence-corrected chi connectivity index (χ3v) is 2.76. The van der Waals surface area contributed by atoms with Crippen molar-refractivity contribution in [3.63, 3.8) is 0 Å². The van der Waals surface area contributed by atoms with Gasteiger partial charge in [0.2, 0.25) is 0 Å². The summed E-state index contributed by atoms with van der Waals surface area (Å²) in [5, 5.41) is 9.33. The number of nitrogens with zero attached hydrogens (tertiary/aromatic N) is 1. The molecule has 0 aromatic heterocycles. The highest BCUT2D eigenvalue weighted by atomic mass is 35.5. The SMILES string of the molecule is Cc1cc(Oc2cccc(Cl)c2C#N)ccc1F. The van der Waals surface area contributed by atoms with E-state index in [0.717, 1.165) is 0 Å². The topological polar surface area (TPSA) is 33.0 Å². The highest BCUT2D eigenvalue weighted by molar-refractivity contribution is 6.31. The van der Waals surface area contributed by atoms with Gasteiger partial charge < -0.3 is 4.74 Å². The van der Waals surface area contributed by atoms with Gasteiger partial charge in [-0.1, -0.05) is 17.7 Å². The summed E-state index contributed by atoms with van der Waals surface area (Å²) in [7, 11) is 0. The molecule has 2 aromatic carbocycles. The van der Waals surface area contributed by atoms with Crippen molar-refractivity contribution in [2.45, 2.75) is 6.92 Å². The van der Waals surface area contributed by atoms with Gasteiger partial charge in [0.05, 0.1) is 5.02 Å². The van der Waals surface area contributed by atoms with Crippen LogP contribution in [0.5, 0.6) is 11.5 Å². The van der Waals surface area contributed by atoms with Gasteiger partial charge in [-0.15, -0.1) is 0 Å². The van der Waals surface area contributed by atoms with Crippen LogP contribution in [-0.2, 0) is 0 Å². The third kappa shape index (κ3) is 2.44. The molecule has 0 unspecified atom stereocenters. The lowest BCUT2D eigenvalue weighted by atomic mass is 10.2. The molecule has 4 heteroatoms. The first kappa shape index (κ1) is 12.4. The largest absolute Gasteiger partial charge is 0.456 e. The van der Waals surface area contributed by atoms with Crippen LogP contribution in [0.1, 0.15) is 11.1 Å². The maximum Gasteiger partial charge on any atom is 0.146 e. The lowest BCUT2D eigenvalue weighted by Crippen LogP contribution is -1.90. The van der Waals surface area contributed by atoms with Gasteiger partial charge in [0.1, 0.15) is 28.9 Å². The number of benzene rings is 2. The van der Waals surface area contributed by atoms with Crippen molar-refractivity contribution >= 4 is 11.6 Å². The number of hydrogen-bond acceptors (Lipinski definition) is 2. The second-order valence-electron chi connectivity index (χ2n) is 3.74. The minimum absolute atomic E-state index is 0.265. The Morgan fingerprint density at radius 1 is 1.28 bits per heavy atom. The summed E-state index contributed by atoms with van der Waals surface area (Å²) in [5.41, 5.74) is 0.745. The molecule has 0 aliphatic rings. The van der Waals surface area contributed by atoms with Gasteiger partial charge in [-0.25, -0.2) is 4.39 Å². The smallest absolute Gasteiger partial charge is 0.146 e. The first-order chi connectivity index (χ1) is 8.61. The van der Waals surface area contributed by atoms with E-state index < -0.39 is 0 Å². The second-order valence-corrected chi connectivity index (χ2v) is 4.15. The fourth-order valence-corrected chi connectivity index (χ4v) is 1.71. The van der Waals surface area contributed by atoms with Crippen molar-refractivity contribution in [1.82, 2.24) is 0 Å². The van der Waals surface area contributed by atoms with Crippen LogP contribution in [0.3, 0.4) is 0 Å². The molecule has 0 N–H and O–H groups in total. The van der Waals surface area contributed by atoms with Crippen LogP contribution in [0.15, 0.2) is 36.4 Å². The number of halogens is 2. The van der Waals surface area contributed by atoms with E-state index in [2.05, 4.69) is 0 Å². The standard InChI is InChI=1S/C14H9ClFNO/c1-9-7-10(5-6-13(9)16)18-14-4-2-3-12(15)11(14)8-17/h2-7H,1H3. The zero-order valence-electron chi connectivity index (χ0n) is 9.58. The van der Waals surface area contributed by atoms with Gasteiger partial charge in [0.15, 0.2) is 0 Å². The van der Waals surface area contributed by atoms with Crippen LogP contribution in [0, 0.1) is 24.1 Å². The quantitative estimate of drug-likeness (QED) is 0.800. The molecular formula is C14H9ClFNO. The van der Waals surface area contributed by atoms with E-state index in [-0.39, 0.29) is 11.4 Å². The van der Waals surface area contributed by atoms with Crippen molar-refractivity contribution in [3.05, 3.63) is 58.4 Å². The summed E-state index contributed by atoms with van der Waals surface area (Å²) in [4.78, 5) is 0. The molecule has 0 amide bonds. The number of hydrogen-bond donors (Lipinski definition) is 0. The Hall–Kier alpha value is -2.05. The lowest BCUT2D eigenvalue weighted by molar-refractivity contribution is 0.478. The summed E-state index contributed by atoms with van der Waals surface area (Å²) in [5.74, 6) is 0.526. The average Bonchev–Trinajstić information content (AvgIpc) is 2.34. The van der Waals surface area contributed by atoms with Crippen molar-refractivity contribution in [2.24, 2.45) is 0 Å². The van der Waals surface area contributed by atoms with Crippen LogP contribution in [0.4, 0.5) is 4.39 Å². The summed E-state index contributed by atoms with van der Waals surface area (Å²) < 4.78 is 18.7. The van der Waals surface area contributed by atoms with Crippen LogP contribution < -0.4 is 4.74 Å². The molecule has 0 fully saturated rings. The molecule has 0 saturated heterocycles. The predicted molar refractivity (Wildman–Crippen MR) is 67.4 cm³/mol. The van der Waals surface area contributed by atoms with Crippen molar-refractivity contribution < 1.29 is 9.13 Å². The minimum atomic E-state index is -0.297. The Morgan fingerprint density at radius 2 is 2.06 bits per heavy atom. The predicted octanol–water partition coefficient (Wildman–Crippen LogP) is 4.45. The fourth-order valence-electron chi connectivity index (χ4n) is 1.51. The normalized spacial score (nSPS) is 9.89. The average molecular weight is 262 g/mol. The molecule has 2 nitrogen and oxygen atoms in total. The second kappa shape index (κ2) is 5.07. The Bertz CT molecular complexity index is 634. The highest BCUT2D eigenvalue weighted by Crippen LogP contribution is 2.30. The van der Waals surface area contributed by atoms with Gasteiger partial charge in [0, 0.05) is 0 Å². The number of rotatable bonds is 2. The Balaban J connectivity index is 2.37. The van der Waals surface area contributed by atoms with Crippen LogP contribution in [0.2, 0.25) is 5.02 Å². The van der Waals surface area contributed by atoms with E-state index in [0.29, 0.717) is 22.1 Å². The third-order valence-electron chi connectivity index (χ3n) is 2.44. The Kier molecular flexibility index (Phi) is 3.50. The number of ether oxygens (including phenoxy) is 1. The lowest BCUT2D eigenvalue weighted by Gasteiger charge is -2.09. The minimum Gasteiger partial charge on any atom is -0.456 e. The molecule has 0 atom stereocenters. The van der Waals surface area contributed by atoms with Gasteiger partial charge >= 0.3 is 0 Å². The molecule has 2 aromatic rings. The molecule has 90 valence electrons. The Morgan fingerprint density at radius 3 is 2.72 bits per heavy atom. The van der Waals surface area contributed by atoms with E-state index in [1.807, 2.05) is 6.07 Å². The van der Waals surface area contributed by atoms with Crippen molar-refractivity contribution in [1.29, 1.82) is 5.26 Å². The summed E-state index contributed by atoms with van der Waals surface area (Å²) in [6, 6.07) is 11.3. The Labute approximate surface area is 109 Å². The van der Waals surface area contributed by atoms with E-state index in [1.54, 1.807) is 31.2 Å². The van der Waals surface area contributed by atoms with E-state index in [9.17, 15) is 4.39 Å². The van der Waals surface area contributed by atoms with Gasteiger partial charge in [0.25, 0.3) is 0 Å². The molecule has 0 aliphatic heterocycles. The molecule has 0 saturated carbocycles. The number of aryl methyl sites for hydroxylation is 1. The summed E-state index contributed by atoms with van der Waals surface area (Å²) >= 11 is 5.89. The van der Waals surface area contributed by atoms with Crippen LogP contribution in [0.25, 0.3) is 0 Å². The highest BCUT2D eigenvalue weighted by Gasteiger charge is 2.09. The maximum atomic E-state index is 13.1. The monoisotopic (exact) mass is 261 g/mol. The zero-order chi connectivity index (χ0) is 13.1. The molecule has 0 bridgehead atoms. The van der Waals surface area contributed by atoms with Gasteiger partial charge in [-0.3, -0.25) is 0 Å². The van der Waals surface area contributed by atoms with Gasteiger partial charge in [-0.05, 0) is 42.8 Å². The number of nitriles is 1. The molecule has 0 heterocycles. The summed E-state index contributed by atoms with van der Waals surface area (Å²) in [6.45, 7) is 1.64. The zero-order valence-corrected chi connectivity index (χ0v) is 10.3. The van der Waals surface area contributed by atoms with Crippen LogP contribution in [-0.4, -0.2) is 0 Å². The molecule has 0 radical (unpaired) electrons. The van der Waals surface area contributed by atoms with E-state index in [4.69, 9.17) is 21.6 Å². The molecule has 2 rings (SSSR count). The molecular weight excluding hydrogens is 253 g/mol. The molecule has 18 heavy (non-hydrogen) atoms. The van der Waals surface area contributed by atoms with Crippen molar-refractivity contribution in [2.75, 3.05) is 0 Å². The fraction of sp³-hybridized carbons (Fsp3) is 0.0714. The first-order valence-corrected chi connectivity index (χ1v) is 5.62. The van der Waals surface area contributed by atoms with Crippen LogP contribution >= 0.6 is 11.6 Å². The van der Waals surface area contributed by atoms with Crippen molar-refractivity contribution in [3.8, 4) is 17.6 Å². The summed E-state index contributed by atoms with van der Waals surface area (Å²) in [6.07, 6.45) is 0.